The molecule has 0 spiro atoms. The summed E-state index contributed by atoms with van der Waals surface area (Å²) in [5.41, 5.74) is 2.32. The number of hydrogen-bond acceptors (Lipinski definition) is 4. The number of anilines is 1. The summed E-state index contributed by atoms with van der Waals surface area (Å²) in [5.74, 6) is -0.759. The van der Waals surface area contributed by atoms with Crippen molar-refractivity contribution >= 4 is 17.4 Å². The van der Waals surface area contributed by atoms with Crippen molar-refractivity contribution in [3.8, 4) is 11.3 Å². The number of aryl methyl sites for hydroxylation is 1. The number of benzene rings is 2. The summed E-state index contributed by atoms with van der Waals surface area (Å²) in [6.07, 6.45) is 0.0445. The van der Waals surface area contributed by atoms with Gasteiger partial charge in [0, 0.05) is 17.8 Å². The molecule has 5 aromatic rings. The second-order valence-electron chi connectivity index (χ2n) is 8.01. The Hall–Kier alpha value is -4.47. The van der Waals surface area contributed by atoms with Crippen molar-refractivity contribution in [1.29, 1.82) is 0 Å². The fourth-order valence-electron chi connectivity index (χ4n) is 3.77. The van der Waals surface area contributed by atoms with Crippen LogP contribution in [0, 0.1) is 12.7 Å². The molecule has 0 fully saturated rings. The average Bonchev–Trinajstić information content (AvgIpc) is 3.45. The Morgan fingerprint density at radius 2 is 1.89 bits per heavy atom. The van der Waals surface area contributed by atoms with E-state index < -0.39 is 23.8 Å². The topological polar surface area (TPSA) is 77.1 Å². The van der Waals surface area contributed by atoms with E-state index >= 15 is 0 Å². The average molecular weight is 476 g/mol. The van der Waals surface area contributed by atoms with E-state index in [1.165, 1.54) is 36.5 Å². The van der Waals surface area contributed by atoms with Crippen molar-refractivity contribution in [1.82, 2.24) is 24.4 Å². The lowest BCUT2D eigenvalue weighted by Crippen LogP contribution is -2.13. The Morgan fingerprint density at radius 3 is 2.63 bits per heavy atom. The van der Waals surface area contributed by atoms with Gasteiger partial charge in [-0.25, -0.2) is 22.7 Å². The third-order valence-electron chi connectivity index (χ3n) is 5.42. The number of alkyl halides is 2. The number of nitrogens with one attached hydrogen (secondary N) is 1. The predicted octanol–water partition coefficient (Wildman–Crippen LogP) is 5.28. The minimum absolute atomic E-state index is 0.00379. The molecule has 1 amide bonds. The Bertz CT molecular complexity index is 1520. The molecule has 2 aromatic carbocycles. The Kier molecular flexibility index (Phi) is 5.77. The summed E-state index contributed by atoms with van der Waals surface area (Å²) >= 11 is 0. The molecular weight excluding hydrogens is 457 g/mol. The van der Waals surface area contributed by atoms with Crippen LogP contribution in [0.2, 0.25) is 0 Å². The molecule has 7 nitrogen and oxygen atoms in total. The molecule has 3 heterocycles. The highest BCUT2D eigenvalue weighted by molar-refractivity contribution is 6.07. The van der Waals surface area contributed by atoms with Crippen LogP contribution >= 0.6 is 0 Å². The molecule has 0 aliphatic heterocycles. The molecule has 3 aromatic heterocycles. The standard InChI is InChI=1S/C25H19F3N6O/c1-15-3-2-4-16(11-15)14-33-10-9-22(32-33)31-25(35)19-13-29-34-21(23(27)28)12-20(30-24(19)34)17-5-7-18(26)8-6-17/h2-13,23H,14H2,1H3,(H,31,32,35). The molecule has 0 bridgehead atoms. The normalized spacial score (nSPS) is 11.3. The lowest BCUT2D eigenvalue weighted by atomic mass is 10.1. The van der Waals surface area contributed by atoms with Gasteiger partial charge in [0.2, 0.25) is 0 Å². The first-order valence-corrected chi connectivity index (χ1v) is 10.7. The minimum Gasteiger partial charge on any atom is -0.305 e. The van der Waals surface area contributed by atoms with Crippen LogP contribution in [0.3, 0.4) is 0 Å². The third kappa shape index (κ3) is 4.63. The molecular formula is C25H19F3N6O. The van der Waals surface area contributed by atoms with Crippen LogP contribution < -0.4 is 5.32 Å². The zero-order valence-corrected chi connectivity index (χ0v) is 18.5. The van der Waals surface area contributed by atoms with Gasteiger partial charge in [-0.1, -0.05) is 29.8 Å². The summed E-state index contributed by atoms with van der Waals surface area (Å²) in [6.45, 7) is 2.53. The van der Waals surface area contributed by atoms with E-state index in [4.69, 9.17) is 0 Å². The van der Waals surface area contributed by atoms with Crippen LogP contribution in [-0.2, 0) is 6.54 Å². The third-order valence-corrected chi connectivity index (χ3v) is 5.42. The maximum Gasteiger partial charge on any atom is 0.280 e. The molecule has 0 atom stereocenters. The maximum atomic E-state index is 13.8. The van der Waals surface area contributed by atoms with E-state index in [0.717, 1.165) is 15.6 Å². The number of rotatable bonds is 6. The molecule has 176 valence electrons. The van der Waals surface area contributed by atoms with E-state index in [0.29, 0.717) is 17.9 Å². The van der Waals surface area contributed by atoms with Gasteiger partial charge in [-0.15, -0.1) is 0 Å². The summed E-state index contributed by atoms with van der Waals surface area (Å²) in [7, 11) is 0. The summed E-state index contributed by atoms with van der Waals surface area (Å²) in [6, 6.07) is 16.1. The first-order valence-electron chi connectivity index (χ1n) is 10.7. The van der Waals surface area contributed by atoms with Crippen LogP contribution in [0.25, 0.3) is 16.9 Å². The minimum atomic E-state index is -2.87. The number of carbonyl (C=O) groups excluding carboxylic acids is 1. The van der Waals surface area contributed by atoms with Crippen LogP contribution in [-0.4, -0.2) is 30.3 Å². The fraction of sp³-hybridized carbons (Fsp3) is 0.120. The molecule has 5 rings (SSSR count). The molecule has 0 aliphatic rings. The molecule has 1 N–H and O–H groups in total. The van der Waals surface area contributed by atoms with Crippen molar-refractivity contribution in [2.45, 2.75) is 19.9 Å². The highest BCUT2D eigenvalue weighted by Gasteiger charge is 2.22. The van der Waals surface area contributed by atoms with Gasteiger partial charge in [-0.05, 0) is 42.8 Å². The Labute approximate surface area is 197 Å². The Morgan fingerprint density at radius 1 is 1.09 bits per heavy atom. The molecule has 0 radical (unpaired) electrons. The van der Waals surface area contributed by atoms with Crippen molar-refractivity contribution in [3.05, 3.63) is 101 Å². The van der Waals surface area contributed by atoms with Crippen molar-refractivity contribution in [2.75, 3.05) is 5.32 Å². The number of nitrogens with zero attached hydrogens (tertiary/aromatic N) is 5. The maximum absolute atomic E-state index is 13.8. The number of amides is 1. The van der Waals surface area contributed by atoms with Crippen molar-refractivity contribution < 1.29 is 18.0 Å². The second kappa shape index (κ2) is 9.05. The quantitative estimate of drug-likeness (QED) is 0.362. The summed E-state index contributed by atoms with van der Waals surface area (Å²) in [4.78, 5) is 17.4. The van der Waals surface area contributed by atoms with Crippen LogP contribution in [0.5, 0.6) is 0 Å². The largest absolute Gasteiger partial charge is 0.305 e. The number of aromatic nitrogens is 5. The highest BCUT2D eigenvalue weighted by Crippen LogP contribution is 2.27. The number of halogens is 3. The molecule has 35 heavy (non-hydrogen) atoms. The van der Waals surface area contributed by atoms with Gasteiger partial charge in [0.15, 0.2) is 11.5 Å². The zero-order chi connectivity index (χ0) is 24.5. The van der Waals surface area contributed by atoms with Crippen LogP contribution in [0.15, 0.2) is 73.1 Å². The highest BCUT2D eigenvalue weighted by atomic mass is 19.3. The van der Waals surface area contributed by atoms with Gasteiger partial charge in [0.1, 0.15) is 17.1 Å². The van der Waals surface area contributed by atoms with Crippen molar-refractivity contribution in [3.63, 3.8) is 0 Å². The lowest BCUT2D eigenvalue weighted by Gasteiger charge is -2.08. The smallest absolute Gasteiger partial charge is 0.280 e. The van der Waals surface area contributed by atoms with E-state index in [-0.39, 0.29) is 16.9 Å². The van der Waals surface area contributed by atoms with Gasteiger partial charge in [0.25, 0.3) is 12.3 Å². The molecule has 0 saturated heterocycles. The monoisotopic (exact) mass is 476 g/mol. The molecule has 0 aliphatic carbocycles. The number of fused-ring (bicyclic) bond motifs is 1. The van der Waals surface area contributed by atoms with E-state index in [1.54, 1.807) is 16.9 Å². The van der Waals surface area contributed by atoms with Crippen molar-refractivity contribution in [2.24, 2.45) is 0 Å². The first kappa shape index (κ1) is 22.3. The summed E-state index contributed by atoms with van der Waals surface area (Å²) in [5, 5.41) is 11.0. The van der Waals surface area contributed by atoms with Gasteiger partial charge >= 0.3 is 0 Å². The molecule has 0 saturated carbocycles. The number of hydrogen-bond donors (Lipinski definition) is 1. The van der Waals surface area contributed by atoms with Gasteiger partial charge in [-0.3, -0.25) is 9.48 Å². The van der Waals surface area contributed by atoms with Gasteiger partial charge in [-0.2, -0.15) is 10.2 Å². The summed E-state index contributed by atoms with van der Waals surface area (Å²) < 4.78 is 43.4. The predicted molar refractivity (Wildman–Crippen MR) is 124 cm³/mol. The first-order chi connectivity index (χ1) is 16.9. The van der Waals surface area contributed by atoms with E-state index in [9.17, 15) is 18.0 Å². The lowest BCUT2D eigenvalue weighted by molar-refractivity contribution is 0.102. The fourth-order valence-corrected chi connectivity index (χ4v) is 3.77. The Balaban J connectivity index is 1.44. The molecule has 10 heteroatoms. The SMILES string of the molecule is Cc1cccc(Cn2ccc(NC(=O)c3cnn4c(C(F)F)cc(-c5ccc(F)cc5)nc34)n2)c1. The zero-order valence-electron chi connectivity index (χ0n) is 18.5. The van der Waals surface area contributed by atoms with Gasteiger partial charge < -0.3 is 5.32 Å². The second-order valence-corrected chi connectivity index (χ2v) is 8.01. The number of carbonyl (C=O) groups is 1. The van der Waals surface area contributed by atoms with Crippen LogP contribution in [0.1, 0.15) is 33.6 Å². The van der Waals surface area contributed by atoms with Crippen LogP contribution in [0.4, 0.5) is 19.0 Å². The van der Waals surface area contributed by atoms with E-state index in [2.05, 4.69) is 20.5 Å². The van der Waals surface area contributed by atoms with Gasteiger partial charge in [0.05, 0.1) is 18.4 Å². The van der Waals surface area contributed by atoms with E-state index in [1.807, 2.05) is 31.2 Å². The molecule has 0 unspecified atom stereocenters.